The van der Waals surface area contributed by atoms with Gasteiger partial charge in [0.15, 0.2) is 0 Å². The Labute approximate surface area is 90.1 Å². The van der Waals surface area contributed by atoms with Crippen LogP contribution in [0.25, 0.3) is 0 Å². The first-order valence-corrected chi connectivity index (χ1v) is 4.68. The molecule has 1 nitrogen and oxygen atoms in total. The molecule has 0 fully saturated rings. The molecule has 0 aliphatic heterocycles. The van der Waals surface area contributed by atoms with Crippen molar-refractivity contribution in [2.45, 2.75) is 31.7 Å². The number of fused-ring (bicyclic) bond motifs is 1. The van der Waals surface area contributed by atoms with Crippen LogP contribution < -0.4 is 5.73 Å². The second-order valence-corrected chi connectivity index (χ2v) is 3.63. The van der Waals surface area contributed by atoms with Crippen molar-refractivity contribution in [2.75, 3.05) is 0 Å². The van der Waals surface area contributed by atoms with Crippen molar-refractivity contribution < 1.29 is 0 Å². The van der Waals surface area contributed by atoms with Crippen LogP contribution >= 0.6 is 17.0 Å². The summed E-state index contributed by atoms with van der Waals surface area (Å²) >= 11 is 0. The molecule has 1 atom stereocenters. The molecule has 2 rings (SSSR count). The molecule has 0 saturated heterocycles. The van der Waals surface area contributed by atoms with E-state index in [1.165, 1.54) is 30.4 Å². The van der Waals surface area contributed by atoms with E-state index in [4.69, 9.17) is 5.73 Å². The van der Waals surface area contributed by atoms with E-state index in [2.05, 4.69) is 24.3 Å². The molecule has 1 aromatic rings. The van der Waals surface area contributed by atoms with Gasteiger partial charge in [0.05, 0.1) is 0 Å². The van der Waals surface area contributed by atoms with Crippen LogP contribution in [0.3, 0.4) is 0 Å². The van der Waals surface area contributed by atoms with Crippen LogP contribution in [0.1, 0.15) is 24.0 Å². The molecule has 0 heterocycles. The summed E-state index contributed by atoms with van der Waals surface area (Å²) in [7, 11) is 0. The molecule has 1 aliphatic carbocycles. The lowest BCUT2D eigenvalue weighted by molar-refractivity contribution is 0.603. The maximum absolute atomic E-state index is 5.95. The molecule has 0 spiro atoms. The van der Waals surface area contributed by atoms with Gasteiger partial charge in [-0.15, -0.1) is 17.0 Å². The topological polar surface area (TPSA) is 26.0 Å². The van der Waals surface area contributed by atoms with E-state index < -0.39 is 0 Å². The number of hydrogen-bond donors (Lipinski definition) is 1. The number of nitrogens with two attached hydrogens (primary N) is 1. The van der Waals surface area contributed by atoms with Gasteiger partial charge >= 0.3 is 0 Å². The Kier molecular flexibility index (Phi) is 3.94. The summed E-state index contributed by atoms with van der Waals surface area (Å²) in [4.78, 5) is 0. The highest BCUT2D eigenvalue weighted by molar-refractivity contribution is 8.93. The first kappa shape index (κ1) is 10.7. The zero-order valence-electron chi connectivity index (χ0n) is 7.70. The Morgan fingerprint density at radius 1 is 1.15 bits per heavy atom. The Hall–Kier alpha value is -0.340. The molecule has 2 heteroatoms. The number of aryl methyl sites for hydroxylation is 1. The van der Waals surface area contributed by atoms with Gasteiger partial charge in [0, 0.05) is 6.04 Å². The maximum Gasteiger partial charge on any atom is 0.00795 e. The van der Waals surface area contributed by atoms with Crippen LogP contribution in [0.5, 0.6) is 0 Å². The van der Waals surface area contributed by atoms with Crippen LogP contribution in [0.4, 0.5) is 0 Å². The highest BCUT2D eigenvalue weighted by Gasteiger charge is 2.11. The minimum Gasteiger partial charge on any atom is -0.327 e. The normalized spacial score (nSPS) is 21.2. The van der Waals surface area contributed by atoms with Crippen molar-refractivity contribution in [3.63, 3.8) is 0 Å². The van der Waals surface area contributed by atoms with E-state index >= 15 is 0 Å². The van der Waals surface area contributed by atoms with Gasteiger partial charge in [-0.1, -0.05) is 24.3 Å². The fourth-order valence-electron chi connectivity index (χ4n) is 1.94. The van der Waals surface area contributed by atoms with Crippen molar-refractivity contribution in [1.29, 1.82) is 0 Å². The summed E-state index contributed by atoms with van der Waals surface area (Å²) in [5, 5.41) is 0. The molecule has 0 radical (unpaired) electrons. The van der Waals surface area contributed by atoms with Gasteiger partial charge < -0.3 is 5.73 Å². The van der Waals surface area contributed by atoms with Crippen LogP contribution in [0.2, 0.25) is 0 Å². The fraction of sp³-hybridized carbons (Fsp3) is 0.455. The standard InChI is InChI=1S/C11H15N.BrH/c12-11-7-3-6-9-4-1-2-5-10(9)8-11;/h1-2,4-5,11H,3,6-8,12H2;1H. The van der Waals surface area contributed by atoms with Crippen LogP contribution in [0.15, 0.2) is 24.3 Å². The van der Waals surface area contributed by atoms with Gasteiger partial charge in [0.25, 0.3) is 0 Å². The third-order valence-electron chi connectivity index (χ3n) is 2.62. The Balaban J connectivity index is 0.000000845. The highest BCUT2D eigenvalue weighted by Crippen LogP contribution is 2.19. The number of halogens is 1. The summed E-state index contributed by atoms with van der Waals surface area (Å²) in [6.45, 7) is 0. The van der Waals surface area contributed by atoms with Crippen LogP contribution in [-0.2, 0) is 12.8 Å². The third-order valence-corrected chi connectivity index (χ3v) is 2.62. The van der Waals surface area contributed by atoms with E-state index in [0.29, 0.717) is 6.04 Å². The number of hydrogen-bond acceptors (Lipinski definition) is 1. The Morgan fingerprint density at radius 3 is 2.62 bits per heavy atom. The Morgan fingerprint density at radius 2 is 1.85 bits per heavy atom. The first-order valence-electron chi connectivity index (χ1n) is 4.68. The fourth-order valence-corrected chi connectivity index (χ4v) is 1.94. The average Bonchev–Trinajstić information content (AvgIpc) is 2.25. The number of benzene rings is 1. The molecule has 0 bridgehead atoms. The number of rotatable bonds is 0. The second kappa shape index (κ2) is 4.77. The molecule has 72 valence electrons. The van der Waals surface area contributed by atoms with Gasteiger partial charge in [-0.2, -0.15) is 0 Å². The quantitative estimate of drug-likeness (QED) is 0.695. The predicted molar refractivity (Wildman–Crippen MR) is 61.4 cm³/mol. The zero-order chi connectivity index (χ0) is 8.39. The van der Waals surface area contributed by atoms with E-state index in [0.717, 1.165) is 6.42 Å². The van der Waals surface area contributed by atoms with Gasteiger partial charge in [0.2, 0.25) is 0 Å². The van der Waals surface area contributed by atoms with Gasteiger partial charge in [-0.3, -0.25) is 0 Å². The molecule has 2 N–H and O–H groups in total. The maximum atomic E-state index is 5.95. The van der Waals surface area contributed by atoms with Crippen molar-refractivity contribution >= 4 is 17.0 Å². The third kappa shape index (κ3) is 2.55. The molecule has 0 aromatic heterocycles. The van der Waals surface area contributed by atoms with E-state index in [1.54, 1.807) is 0 Å². The molecular formula is C11H16BrN. The minimum absolute atomic E-state index is 0. The molecule has 1 aromatic carbocycles. The van der Waals surface area contributed by atoms with Crippen LogP contribution in [-0.4, -0.2) is 6.04 Å². The monoisotopic (exact) mass is 241 g/mol. The highest BCUT2D eigenvalue weighted by atomic mass is 79.9. The lowest BCUT2D eigenvalue weighted by atomic mass is 10.0. The summed E-state index contributed by atoms with van der Waals surface area (Å²) in [5.74, 6) is 0. The van der Waals surface area contributed by atoms with Crippen LogP contribution in [0, 0.1) is 0 Å². The summed E-state index contributed by atoms with van der Waals surface area (Å²) in [6, 6.07) is 9.05. The molecule has 1 aliphatic rings. The first-order chi connectivity index (χ1) is 5.86. The van der Waals surface area contributed by atoms with E-state index in [9.17, 15) is 0 Å². The SMILES string of the molecule is Br.NC1CCCc2ccccc2C1. The molecule has 0 amide bonds. The predicted octanol–water partition coefficient (Wildman–Crippen LogP) is 2.47. The Bertz CT molecular complexity index is 273. The van der Waals surface area contributed by atoms with Crippen molar-refractivity contribution in [3.05, 3.63) is 35.4 Å². The summed E-state index contributed by atoms with van der Waals surface area (Å²) < 4.78 is 0. The second-order valence-electron chi connectivity index (χ2n) is 3.63. The molecular weight excluding hydrogens is 226 g/mol. The zero-order valence-corrected chi connectivity index (χ0v) is 9.41. The smallest absolute Gasteiger partial charge is 0.00795 e. The minimum atomic E-state index is 0. The van der Waals surface area contributed by atoms with E-state index in [-0.39, 0.29) is 17.0 Å². The van der Waals surface area contributed by atoms with Crippen molar-refractivity contribution in [1.82, 2.24) is 0 Å². The average molecular weight is 242 g/mol. The lowest BCUT2D eigenvalue weighted by Gasteiger charge is -2.07. The van der Waals surface area contributed by atoms with Crippen molar-refractivity contribution in [2.24, 2.45) is 5.73 Å². The summed E-state index contributed by atoms with van der Waals surface area (Å²) in [6.07, 6.45) is 4.70. The molecule has 0 saturated carbocycles. The lowest BCUT2D eigenvalue weighted by Crippen LogP contribution is -2.21. The largest absolute Gasteiger partial charge is 0.327 e. The molecule has 13 heavy (non-hydrogen) atoms. The van der Waals surface area contributed by atoms with Gasteiger partial charge in [0.1, 0.15) is 0 Å². The van der Waals surface area contributed by atoms with E-state index in [1.807, 2.05) is 0 Å². The van der Waals surface area contributed by atoms with Gasteiger partial charge in [-0.25, -0.2) is 0 Å². The summed E-state index contributed by atoms with van der Waals surface area (Å²) in [5.41, 5.74) is 8.92. The van der Waals surface area contributed by atoms with Gasteiger partial charge in [-0.05, 0) is 36.8 Å². The molecule has 1 unspecified atom stereocenters. The van der Waals surface area contributed by atoms with Crippen molar-refractivity contribution in [3.8, 4) is 0 Å².